The third-order valence-corrected chi connectivity index (χ3v) is 0.833. The number of unbranched alkanes of at least 4 members (excludes halogenated alkanes) is 1. The zero-order valence-corrected chi connectivity index (χ0v) is 8.57. The smallest absolute Gasteiger partial charge is 0.0470 e. The molecule has 0 rings (SSSR count). The molecule has 0 aliphatic heterocycles. The summed E-state index contributed by atoms with van der Waals surface area (Å²) in [5, 5.41) is 0. The van der Waals surface area contributed by atoms with Crippen molar-refractivity contribution in [3.05, 3.63) is 12.2 Å². The first kappa shape index (κ1) is 16.4. The molecule has 0 aliphatic carbocycles. The molecule has 0 amide bonds. The molecule has 0 atom stereocenters. The highest BCUT2D eigenvalue weighted by Crippen LogP contribution is 1.76. The summed E-state index contributed by atoms with van der Waals surface area (Å²) in [6.45, 7) is 12.4. The molecule has 0 unspecified atom stereocenters. The van der Waals surface area contributed by atoms with Gasteiger partial charge < -0.3 is 0 Å². The number of allylic oxidation sites excluding steroid dienone is 2. The molecule has 0 aliphatic rings. The van der Waals surface area contributed by atoms with Gasteiger partial charge >= 0.3 is 0 Å². The Labute approximate surface area is 67.3 Å². The standard InChI is InChI=1S/C4H10.C4H8.C2H6/c2*1-3-4-2;1-2/h3-4H2,1-2H3;3-4H,1-2H3;1-2H3/b;4-3+;. The Kier molecular flexibility index (Phi) is 61.3. The maximum atomic E-state index is 2.18. The molecule has 0 aromatic heterocycles. The van der Waals surface area contributed by atoms with E-state index in [1.807, 2.05) is 39.8 Å². The lowest BCUT2D eigenvalue weighted by molar-refractivity contribution is 0.886. The van der Waals surface area contributed by atoms with E-state index >= 15 is 0 Å². The van der Waals surface area contributed by atoms with Gasteiger partial charge in [0.15, 0.2) is 0 Å². The second-order valence-corrected chi connectivity index (χ2v) is 1.67. The summed E-state index contributed by atoms with van der Waals surface area (Å²) in [5.41, 5.74) is 0. The fourth-order valence-electron chi connectivity index (χ4n) is 0. The van der Waals surface area contributed by atoms with Crippen molar-refractivity contribution < 1.29 is 0 Å². The van der Waals surface area contributed by atoms with Crippen molar-refractivity contribution in [2.75, 3.05) is 0 Å². The first-order chi connectivity index (χ1) is 4.83. The van der Waals surface area contributed by atoms with E-state index in [2.05, 4.69) is 13.8 Å². The Balaban J connectivity index is -0.0000000787. The molecule has 0 saturated carbocycles. The average molecular weight is 144 g/mol. The minimum Gasteiger partial charge on any atom is -0.0919 e. The Bertz CT molecular complexity index is 29.3. The monoisotopic (exact) mass is 144 g/mol. The van der Waals surface area contributed by atoms with Crippen molar-refractivity contribution in [3.63, 3.8) is 0 Å². The van der Waals surface area contributed by atoms with Gasteiger partial charge in [-0.15, -0.1) is 0 Å². The van der Waals surface area contributed by atoms with E-state index in [0.29, 0.717) is 0 Å². The predicted octanol–water partition coefficient (Wildman–Crippen LogP) is 4.42. The van der Waals surface area contributed by atoms with Crippen LogP contribution in [-0.2, 0) is 0 Å². The summed E-state index contributed by atoms with van der Waals surface area (Å²) in [4.78, 5) is 0. The van der Waals surface area contributed by atoms with Crippen molar-refractivity contribution >= 4 is 0 Å². The van der Waals surface area contributed by atoms with Crippen LogP contribution in [0.2, 0.25) is 0 Å². The maximum Gasteiger partial charge on any atom is -0.0470 e. The van der Waals surface area contributed by atoms with Gasteiger partial charge in [-0.3, -0.25) is 0 Å². The normalized spacial score (nSPS) is 7.40. The molecule has 0 aromatic rings. The minimum absolute atomic E-state index is 1.32. The first-order valence-electron chi connectivity index (χ1n) is 4.40. The van der Waals surface area contributed by atoms with Crippen LogP contribution in [0.1, 0.15) is 54.4 Å². The third kappa shape index (κ3) is 116. The second kappa shape index (κ2) is 37.4. The maximum absolute atomic E-state index is 2.18. The zero-order chi connectivity index (χ0) is 8.83. The van der Waals surface area contributed by atoms with Gasteiger partial charge in [0.05, 0.1) is 0 Å². The Hall–Kier alpha value is -0.260. The van der Waals surface area contributed by atoms with Gasteiger partial charge in [-0.2, -0.15) is 0 Å². The molecule has 64 valence electrons. The highest BCUT2D eigenvalue weighted by molar-refractivity contribution is 4.68. The number of hydrogen-bond donors (Lipinski definition) is 0. The minimum atomic E-state index is 1.32. The molecule has 0 N–H and O–H groups in total. The van der Waals surface area contributed by atoms with E-state index in [4.69, 9.17) is 0 Å². The Morgan fingerprint density at radius 1 is 0.800 bits per heavy atom. The molecular formula is C10H24. The van der Waals surface area contributed by atoms with E-state index in [1.165, 1.54) is 12.8 Å². The fraction of sp³-hybridized carbons (Fsp3) is 0.800. The summed E-state index contributed by atoms with van der Waals surface area (Å²) in [6, 6.07) is 0. The van der Waals surface area contributed by atoms with Gasteiger partial charge in [0.1, 0.15) is 0 Å². The summed E-state index contributed by atoms with van der Waals surface area (Å²) in [6.07, 6.45) is 6.64. The topological polar surface area (TPSA) is 0 Å². The second-order valence-electron chi connectivity index (χ2n) is 1.67. The van der Waals surface area contributed by atoms with E-state index in [1.54, 1.807) is 0 Å². The molecule has 0 aromatic carbocycles. The average Bonchev–Trinajstić information content (AvgIpc) is 2.08. The van der Waals surface area contributed by atoms with Crippen LogP contribution in [0.5, 0.6) is 0 Å². The molecule has 10 heavy (non-hydrogen) atoms. The molecule has 0 bridgehead atoms. The molecule has 0 saturated heterocycles. The lowest BCUT2D eigenvalue weighted by Crippen LogP contribution is -1.47. The van der Waals surface area contributed by atoms with Gasteiger partial charge in [-0.05, 0) is 13.8 Å². The lowest BCUT2D eigenvalue weighted by Gasteiger charge is -1.68. The van der Waals surface area contributed by atoms with Crippen molar-refractivity contribution in [2.45, 2.75) is 54.4 Å². The van der Waals surface area contributed by atoms with Crippen molar-refractivity contribution in [1.82, 2.24) is 0 Å². The van der Waals surface area contributed by atoms with Gasteiger partial charge in [0.25, 0.3) is 0 Å². The Morgan fingerprint density at radius 3 is 1.00 bits per heavy atom. The van der Waals surface area contributed by atoms with E-state index in [-0.39, 0.29) is 0 Å². The van der Waals surface area contributed by atoms with Crippen LogP contribution in [-0.4, -0.2) is 0 Å². The summed E-state index contributed by atoms with van der Waals surface area (Å²) >= 11 is 0. The SMILES string of the molecule is C/C=C/C.CC.CCCC. The summed E-state index contributed by atoms with van der Waals surface area (Å²) in [5.74, 6) is 0. The van der Waals surface area contributed by atoms with Crippen molar-refractivity contribution in [2.24, 2.45) is 0 Å². The molecule has 0 heterocycles. The lowest BCUT2D eigenvalue weighted by atomic mass is 10.4. The highest BCUT2D eigenvalue weighted by atomic mass is 13.6. The van der Waals surface area contributed by atoms with Crippen molar-refractivity contribution in [3.8, 4) is 0 Å². The molecular weight excluding hydrogens is 120 g/mol. The number of hydrogen-bond acceptors (Lipinski definition) is 0. The summed E-state index contributed by atoms with van der Waals surface area (Å²) < 4.78 is 0. The van der Waals surface area contributed by atoms with Gasteiger partial charge in [0, 0.05) is 0 Å². The molecule has 0 radical (unpaired) electrons. The molecule has 0 fully saturated rings. The zero-order valence-electron chi connectivity index (χ0n) is 8.57. The van der Waals surface area contributed by atoms with Crippen molar-refractivity contribution in [1.29, 1.82) is 0 Å². The van der Waals surface area contributed by atoms with E-state index in [0.717, 1.165) is 0 Å². The third-order valence-electron chi connectivity index (χ3n) is 0.833. The van der Waals surface area contributed by atoms with E-state index in [9.17, 15) is 0 Å². The molecule has 0 spiro atoms. The molecule has 0 nitrogen and oxygen atoms in total. The predicted molar refractivity (Wildman–Crippen MR) is 52.4 cm³/mol. The van der Waals surface area contributed by atoms with E-state index < -0.39 is 0 Å². The van der Waals surface area contributed by atoms with Crippen LogP contribution in [0.25, 0.3) is 0 Å². The van der Waals surface area contributed by atoms with Crippen LogP contribution < -0.4 is 0 Å². The Morgan fingerprint density at radius 2 is 1.00 bits per heavy atom. The van der Waals surface area contributed by atoms with Gasteiger partial charge in [-0.25, -0.2) is 0 Å². The van der Waals surface area contributed by atoms with Crippen LogP contribution in [0.4, 0.5) is 0 Å². The van der Waals surface area contributed by atoms with Crippen LogP contribution in [0, 0.1) is 0 Å². The van der Waals surface area contributed by atoms with Gasteiger partial charge in [0.2, 0.25) is 0 Å². The highest BCUT2D eigenvalue weighted by Gasteiger charge is 1.56. The quantitative estimate of drug-likeness (QED) is 0.478. The first-order valence-corrected chi connectivity index (χ1v) is 4.40. The summed E-state index contributed by atoms with van der Waals surface area (Å²) in [7, 11) is 0. The van der Waals surface area contributed by atoms with Crippen LogP contribution >= 0.6 is 0 Å². The van der Waals surface area contributed by atoms with Gasteiger partial charge in [-0.1, -0.05) is 52.7 Å². The largest absolute Gasteiger partial charge is 0.0919 e. The fourth-order valence-corrected chi connectivity index (χ4v) is 0. The van der Waals surface area contributed by atoms with Crippen LogP contribution in [0.15, 0.2) is 12.2 Å². The number of rotatable bonds is 1. The molecule has 0 heteroatoms. The van der Waals surface area contributed by atoms with Crippen LogP contribution in [0.3, 0.4) is 0 Å².